The van der Waals surface area contributed by atoms with Gasteiger partial charge in [-0.3, -0.25) is 0 Å². The molecular weight excluding hydrogens is 440 g/mol. The molecule has 200 valence electrons. The first kappa shape index (κ1) is 29.0. The molecule has 0 aliphatic heterocycles. The Morgan fingerprint density at radius 3 is 2.43 bits per heavy atom. The molecule has 0 radical (unpaired) electrons. The van der Waals surface area contributed by atoms with Gasteiger partial charge in [-0.25, -0.2) is 0 Å². The normalized spacial score (nSPS) is 36.5. The van der Waals surface area contributed by atoms with Crippen molar-refractivity contribution in [2.24, 2.45) is 40.4 Å². The second-order valence-electron chi connectivity index (χ2n) is 14.7. The molecule has 0 saturated heterocycles. The molecule has 0 amide bonds. The van der Waals surface area contributed by atoms with Crippen LogP contribution in [-0.2, 0) is 4.43 Å². The highest BCUT2D eigenvalue weighted by atomic mass is 28.4. The third-order valence-corrected chi connectivity index (χ3v) is 16.1. The van der Waals surface area contributed by atoms with Crippen molar-refractivity contribution in [3.8, 4) is 0 Å². The Labute approximate surface area is 220 Å². The van der Waals surface area contributed by atoms with Crippen molar-refractivity contribution in [1.82, 2.24) is 0 Å². The number of hydrogen-bond acceptors (Lipinski definition) is 1. The average Bonchev–Trinajstić information content (AvgIpc) is 3.11. The lowest BCUT2D eigenvalue weighted by molar-refractivity contribution is -0.0418. The van der Waals surface area contributed by atoms with Gasteiger partial charge in [0.1, 0.15) is 0 Å². The summed E-state index contributed by atoms with van der Waals surface area (Å²) >= 11 is 0. The zero-order valence-corrected chi connectivity index (χ0v) is 26.3. The highest BCUT2D eigenvalue weighted by Gasteiger charge is 2.58. The van der Waals surface area contributed by atoms with Crippen LogP contribution >= 0.6 is 0 Å². The quantitative estimate of drug-likeness (QED) is 0.184. The smallest absolute Gasteiger partial charge is 0.191 e. The molecule has 7 atom stereocenters. The minimum absolute atomic E-state index is 0.290. The minimum Gasteiger partial charge on any atom is -0.417 e. The maximum absolute atomic E-state index is 6.63. The monoisotopic (exact) mass is 498 g/mol. The third kappa shape index (κ3) is 5.64. The topological polar surface area (TPSA) is 9.23 Å². The second kappa shape index (κ2) is 10.6. The fourth-order valence-electron chi connectivity index (χ4n) is 8.13. The molecule has 0 spiro atoms. The number of hydrogen-bond donors (Lipinski definition) is 0. The van der Waals surface area contributed by atoms with E-state index < -0.39 is 8.32 Å². The van der Waals surface area contributed by atoms with Crippen molar-refractivity contribution < 1.29 is 4.43 Å². The Bertz CT molecular complexity index is 823. The van der Waals surface area contributed by atoms with Gasteiger partial charge >= 0.3 is 0 Å². The summed E-state index contributed by atoms with van der Waals surface area (Å²) < 4.78 is 6.63. The zero-order valence-electron chi connectivity index (χ0n) is 25.3. The lowest BCUT2D eigenvalue weighted by Gasteiger charge is -2.57. The molecule has 0 aromatic rings. The van der Waals surface area contributed by atoms with Crippen LogP contribution in [0, 0.1) is 40.4 Å². The van der Waals surface area contributed by atoms with E-state index in [9.17, 15) is 0 Å². The Balaban J connectivity index is 1.75. The van der Waals surface area contributed by atoms with Gasteiger partial charge in [0, 0.05) is 6.61 Å². The van der Waals surface area contributed by atoms with E-state index in [0.717, 1.165) is 36.7 Å². The van der Waals surface area contributed by atoms with E-state index in [0.29, 0.717) is 16.7 Å². The predicted octanol–water partition coefficient (Wildman–Crippen LogP) is 10.4. The molecule has 0 aromatic heterocycles. The Hall–Kier alpha value is -0.603. The molecule has 3 aliphatic rings. The van der Waals surface area contributed by atoms with Crippen LogP contribution in [0.2, 0.25) is 18.1 Å². The van der Waals surface area contributed by atoms with Crippen LogP contribution in [0.4, 0.5) is 0 Å². The van der Waals surface area contributed by atoms with Gasteiger partial charge in [-0.15, -0.1) is 0 Å². The van der Waals surface area contributed by atoms with E-state index in [-0.39, 0.29) is 5.04 Å². The summed E-state index contributed by atoms with van der Waals surface area (Å²) in [5.74, 6) is 4.15. The van der Waals surface area contributed by atoms with Crippen LogP contribution in [0.1, 0.15) is 107 Å². The third-order valence-electron chi connectivity index (χ3n) is 11.6. The van der Waals surface area contributed by atoms with Gasteiger partial charge in [0.05, 0.1) is 0 Å². The SMILES string of the molecule is CC[C@@]1(C)C(CCO[Si](C)(C)C(C)(C)C)=CC[C@H]2[C@@H]3CC[C@H]([C@H](C)/C=C/C=C(C)C)[C@@]3(C)CC[C@@H]21. The molecule has 2 fully saturated rings. The molecule has 1 nitrogen and oxygen atoms in total. The fraction of sp³-hybridized carbons (Fsp3) is 0.818. The van der Waals surface area contributed by atoms with E-state index in [2.05, 4.69) is 99.7 Å². The standard InChI is InChI=1S/C33H58OSi/c1-12-32(8)26(21-23-34-35(10,11)31(5,6)7)16-17-27-29-19-18-28(25(4)15-13-14-24(2)3)33(29,9)22-20-30(27)32/h13-16,25,27-30H,12,17-23H2,1-11H3/b15-13+/t25-,27+,28-,29+,30+,32+,33-/m1/s1. The van der Waals surface area contributed by atoms with Crippen molar-refractivity contribution >= 4 is 8.32 Å². The van der Waals surface area contributed by atoms with Crippen LogP contribution < -0.4 is 0 Å². The van der Waals surface area contributed by atoms with Crippen LogP contribution in [0.25, 0.3) is 0 Å². The first-order valence-corrected chi connectivity index (χ1v) is 17.7. The molecule has 3 rings (SSSR count). The lowest BCUT2D eigenvalue weighted by atomic mass is 9.48. The summed E-state index contributed by atoms with van der Waals surface area (Å²) in [7, 11) is -1.68. The van der Waals surface area contributed by atoms with Gasteiger partial charge in [0.25, 0.3) is 0 Å². The Morgan fingerprint density at radius 1 is 1.14 bits per heavy atom. The van der Waals surface area contributed by atoms with Crippen molar-refractivity contribution in [3.05, 3.63) is 35.5 Å². The van der Waals surface area contributed by atoms with Gasteiger partial charge < -0.3 is 4.43 Å². The van der Waals surface area contributed by atoms with Crippen LogP contribution in [0.5, 0.6) is 0 Å². The van der Waals surface area contributed by atoms with Gasteiger partial charge in [-0.1, -0.05) is 83.9 Å². The van der Waals surface area contributed by atoms with E-state index in [4.69, 9.17) is 4.43 Å². The lowest BCUT2D eigenvalue weighted by Crippen LogP contribution is -2.49. The summed E-state index contributed by atoms with van der Waals surface area (Å²) in [6.07, 6.45) is 19.2. The molecule has 0 bridgehead atoms. The fourth-order valence-corrected chi connectivity index (χ4v) is 9.17. The Morgan fingerprint density at radius 2 is 1.83 bits per heavy atom. The molecule has 3 aliphatic carbocycles. The summed E-state index contributed by atoms with van der Waals surface area (Å²) in [5.41, 5.74) is 3.98. The Kier molecular flexibility index (Phi) is 8.80. The van der Waals surface area contributed by atoms with Crippen molar-refractivity contribution in [3.63, 3.8) is 0 Å². The first-order valence-electron chi connectivity index (χ1n) is 14.8. The molecule has 0 N–H and O–H groups in total. The average molecular weight is 499 g/mol. The van der Waals surface area contributed by atoms with Crippen LogP contribution in [-0.4, -0.2) is 14.9 Å². The molecule has 0 heterocycles. The van der Waals surface area contributed by atoms with Gasteiger partial charge in [0.15, 0.2) is 8.32 Å². The molecular formula is C33H58OSi. The largest absolute Gasteiger partial charge is 0.417 e. The van der Waals surface area contributed by atoms with Crippen LogP contribution in [0.15, 0.2) is 35.5 Å². The van der Waals surface area contributed by atoms with Gasteiger partial charge in [-0.05, 0) is 117 Å². The molecule has 2 saturated carbocycles. The number of allylic oxidation sites excluding steroid dienone is 5. The predicted molar refractivity (Wildman–Crippen MR) is 157 cm³/mol. The first-order chi connectivity index (χ1) is 16.2. The van der Waals surface area contributed by atoms with E-state index in [1.165, 1.54) is 44.1 Å². The van der Waals surface area contributed by atoms with Crippen LogP contribution in [0.3, 0.4) is 0 Å². The number of rotatable bonds is 8. The maximum atomic E-state index is 6.63. The summed E-state index contributed by atoms with van der Waals surface area (Å²) in [6.45, 7) is 27.4. The second-order valence-corrected chi connectivity index (χ2v) is 19.5. The van der Waals surface area contributed by atoms with E-state index in [1.807, 2.05) is 0 Å². The molecule has 0 aromatic carbocycles. The maximum Gasteiger partial charge on any atom is 0.191 e. The van der Waals surface area contributed by atoms with E-state index >= 15 is 0 Å². The highest BCUT2D eigenvalue weighted by Crippen LogP contribution is 2.66. The summed E-state index contributed by atoms with van der Waals surface area (Å²) in [5, 5.41) is 0.290. The number of fused-ring (bicyclic) bond motifs is 3. The summed E-state index contributed by atoms with van der Waals surface area (Å²) in [6, 6.07) is 0. The highest BCUT2D eigenvalue weighted by molar-refractivity contribution is 6.74. The van der Waals surface area contributed by atoms with Crippen molar-refractivity contribution in [2.45, 2.75) is 125 Å². The summed E-state index contributed by atoms with van der Waals surface area (Å²) in [4.78, 5) is 0. The minimum atomic E-state index is -1.68. The zero-order chi connectivity index (χ0) is 26.2. The molecule has 2 heteroatoms. The van der Waals surface area contributed by atoms with Crippen molar-refractivity contribution in [2.75, 3.05) is 6.61 Å². The van der Waals surface area contributed by atoms with E-state index in [1.54, 1.807) is 5.57 Å². The molecule has 0 unspecified atom stereocenters. The van der Waals surface area contributed by atoms with Gasteiger partial charge in [0.2, 0.25) is 0 Å². The van der Waals surface area contributed by atoms with Crippen molar-refractivity contribution in [1.29, 1.82) is 0 Å². The van der Waals surface area contributed by atoms with Gasteiger partial charge in [-0.2, -0.15) is 0 Å². The molecule has 35 heavy (non-hydrogen) atoms.